The maximum absolute atomic E-state index is 12.8. The Bertz CT molecular complexity index is 1480. The van der Waals surface area contributed by atoms with Crippen molar-refractivity contribution in [3.63, 3.8) is 0 Å². The molecule has 0 aliphatic carbocycles. The predicted molar refractivity (Wildman–Crippen MR) is 146 cm³/mol. The Kier molecular flexibility index (Phi) is 7.94. The number of anilines is 1. The molecule has 10 heteroatoms. The monoisotopic (exact) mass is 554 g/mol. The summed E-state index contributed by atoms with van der Waals surface area (Å²) >= 11 is 12.0. The van der Waals surface area contributed by atoms with Crippen molar-refractivity contribution in [2.24, 2.45) is 0 Å². The van der Waals surface area contributed by atoms with Crippen LogP contribution in [-0.4, -0.2) is 10.8 Å². The molecule has 4 aromatic rings. The molecular weight excluding hydrogens is 531 g/mol. The number of nitro benzene ring substituents is 1. The molecule has 0 radical (unpaired) electrons. The summed E-state index contributed by atoms with van der Waals surface area (Å²) < 4.78 is 17.1. The van der Waals surface area contributed by atoms with Crippen LogP contribution in [0.25, 0.3) is 0 Å². The molecule has 196 valence electrons. The lowest BCUT2D eigenvalue weighted by Crippen LogP contribution is -2.11. The zero-order valence-electron chi connectivity index (χ0n) is 20.8. The number of nitro groups is 1. The first kappa shape index (κ1) is 27.0. The highest BCUT2D eigenvalue weighted by Crippen LogP contribution is 2.35. The van der Waals surface area contributed by atoms with Crippen LogP contribution < -0.4 is 14.8 Å². The molecule has 8 nitrogen and oxygen atoms in total. The molecule has 0 atom stereocenters. The van der Waals surface area contributed by atoms with Gasteiger partial charge in [0.15, 0.2) is 5.76 Å². The number of benzene rings is 3. The fourth-order valence-electron chi connectivity index (χ4n) is 3.48. The molecule has 0 saturated heterocycles. The summed E-state index contributed by atoms with van der Waals surface area (Å²) in [5.74, 6) is 0.881. The van der Waals surface area contributed by atoms with E-state index in [1.165, 1.54) is 42.0 Å². The molecule has 0 aliphatic heterocycles. The number of nitrogens with one attached hydrogen (secondary N) is 1. The van der Waals surface area contributed by atoms with Gasteiger partial charge in [0.1, 0.15) is 29.6 Å². The van der Waals surface area contributed by atoms with E-state index in [0.29, 0.717) is 16.5 Å². The van der Waals surface area contributed by atoms with E-state index >= 15 is 0 Å². The second kappa shape index (κ2) is 11.2. The van der Waals surface area contributed by atoms with E-state index in [4.69, 9.17) is 37.1 Å². The molecule has 1 aromatic heterocycles. The Hall–Kier alpha value is -4.01. The van der Waals surface area contributed by atoms with Gasteiger partial charge in [-0.15, -0.1) is 0 Å². The van der Waals surface area contributed by atoms with Crippen molar-refractivity contribution >= 4 is 40.5 Å². The van der Waals surface area contributed by atoms with E-state index < -0.39 is 10.8 Å². The molecule has 38 heavy (non-hydrogen) atoms. The standard InChI is InChI=1S/C28H24Cl2N2O6/c1-28(2,3)17-4-7-21(8-5-17)36-16-22-9-11-26(37-22)27(33)31-19-13-20(32(34)35)15-23(14-19)38-25-10-6-18(29)12-24(25)30/h4-15H,16H2,1-3H3,(H,31,33). The summed E-state index contributed by atoms with van der Waals surface area (Å²) in [4.78, 5) is 23.6. The first-order valence-corrected chi connectivity index (χ1v) is 12.3. The van der Waals surface area contributed by atoms with Crippen molar-refractivity contribution in [1.29, 1.82) is 0 Å². The predicted octanol–water partition coefficient (Wildman–Crippen LogP) is 8.42. The second-order valence-electron chi connectivity index (χ2n) is 9.43. The number of carbonyl (C=O) groups is 1. The van der Waals surface area contributed by atoms with Gasteiger partial charge in [-0.1, -0.05) is 56.1 Å². The number of halogens is 2. The number of ether oxygens (including phenoxy) is 2. The van der Waals surface area contributed by atoms with Gasteiger partial charge in [-0.05, 0) is 53.4 Å². The number of nitrogens with zero attached hydrogens (tertiary/aromatic N) is 1. The van der Waals surface area contributed by atoms with E-state index in [-0.39, 0.29) is 45.7 Å². The van der Waals surface area contributed by atoms with Crippen LogP contribution in [-0.2, 0) is 12.0 Å². The van der Waals surface area contributed by atoms with E-state index in [1.807, 2.05) is 24.3 Å². The summed E-state index contributed by atoms with van der Waals surface area (Å²) in [5.41, 5.74) is 1.08. The van der Waals surface area contributed by atoms with Crippen LogP contribution in [0.3, 0.4) is 0 Å². The third-order valence-electron chi connectivity index (χ3n) is 5.47. The van der Waals surface area contributed by atoms with Gasteiger partial charge in [0.05, 0.1) is 21.7 Å². The Labute approximate surface area is 229 Å². The Morgan fingerprint density at radius 1 is 0.974 bits per heavy atom. The molecular formula is C28H24Cl2N2O6. The van der Waals surface area contributed by atoms with Gasteiger partial charge in [0, 0.05) is 17.2 Å². The highest BCUT2D eigenvalue weighted by Gasteiger charge is 2.17. The van der Waals surface area contributed by atoms with Gasteiger partial charge in [-0.25, -0.2) is 0 Å². The third kappa shape index (κ3) is 6.85. The van der Waals surface area contributed by atoms with Gasteiger partial charge in [-0.2, -0.15) is 0 Å². The number of hydrogen-bond donors (Lipinski definition) is 1. The van der Waals surface area contributed by atoms with Crippen molar-refractivity contribution in [1.82, 2.24) is 0 Å². The number of furan rings is 1. The molecule has 1 N–H and O–H groups in total. The lowest BCUT2D eigenvalue weighted by molar-refractivity contribution is -0.384. The minimum absolute atomic E-state index is 0.0152. The van der Waals surface area contributed by atoms with E-state index in [9.17, 15) is 14.9 Å². The number of carbonyl (C=O) groups excluding carboxylic acids is 1. The molecule has 0 unspecified atom stereocenters. The van der Waals surface area contributed by atoms with Gasteiger partial charge in [-0.3, -0.25) is 14.9 Å². The lowest BCUT2D eigenvalue weighted by atomic mass is 9.87. The SMILES string of the molecule is CC(C)(C)c1ccc(OCc2ccc(C(=O)Nc3cc(Oc4ccc(Cl)cc4Cl)cc([N+](=O)[O-])c3)o2)cc1. The minimum atomic E-state index is -0.596. The highest BCUT2D eigenvalue weighted by molar-refractivity contribution is 6.35. The van der Waals surface area contributed by atoms with Gasteiger partial charge >= 0.3 is 0 Å². The zero-order valence-corrected chi connectivity index (χ0v) is 22.3. The molecule has 0 bridgehead atoms. The van der Waals surface area contributed by atoms with Crippen molar-refractivity contribution in [2.45, 2.75) is 32.8 Å². The van der Waals surface area contributed by atoms with Crippen LogP contribution in [0.5, 0.6) is 17.2 Å². The topological polar surface area (TPSA) is 104 Å². The highest BCUT2D eigenvalue weighted by atomic mass is 35.5. The van der Waals surface area contributed by atoms with Gasteiger partial charge in [0.2, 0.25) is 0 Å². The number of hydrogen-bond acceptors (Lipinski definition) is 6. The van der Waals surface area contributed by atoms with Crippen LogP contribution in [0.2, 0.25) is 10.0 Å². The second-order valence-corrected chi connectivity index (χ2v) is 10.3. The molecule has 0 fully saturated rings. The molecule has 3 aromatic carbocycles. The van der Waals surface area contributed by atoms with E-state index in [0.717, 1.165) is 0 Å². The van der Waals surface area contributed by atoms with Crippen LogP contribution in [0.1, 0.15) is 42.6 Å². The lowest BCUT2D eigenvalue weighted by Gasteiger charge is -2.19. The first-order chi connectivity index (χ1) is 18.0. The fourth-order valence-corrected chi connectivity index (χ4v) is 3.93. The van der Waals surface area contributed by atoms with Crippen molar-refractivity contribution in [3.05, 3.63) is 110 Å². The number of non-ortho nitro benzene ring substituents is 1. The average molecular weight is 555 g/mol. The van der Waals surface area contributed by atoms with E-state index in [1.54, 1.807) is 12.1 Å². The minimum Gasteiger partial charge on any atom is -0.486 e. The smallest absolute Gasteiger partial charge is 0.291 e. The van der Waals surface area contributed by atoms with Crippen molar-refractivity contribution in [2.75, 3.05) is 5.32 Å². The fraction of sp³-hybridized carbons (Fsp3) is 0.179. The summed E-state index contributed by atoms with van der Waals surface area (Å²) in [5, 5.41) is 14.7. The molecule has 1 heterocycles. The zero-order chi connectivity index (χ0) is 27.4. The molecule has 1 amide bonds. The normalized spacial score (nSPS) is 11.2. The molecule has 0 spiro atoms. The van der Waals surface area contributed by atoms with Crippen LogP contribution in [0.4, 0.5) is 11.4 Å². The largest absolute Gasteiger partial charge is 0.486 e. The van der Waals surface area contributed by atoms with Crippen LogP contribution in [0, 0.1) is 10.1 Å². The van der Waals surface area contributed by atoms with Crippen LogP contribution in [0.15, 0.2) is 77.2 Å². The Morgan fingerprint density at radius 3 is 2.37 bits per heavy atom. The number of amides is 1. The van der Waals surface area contributed by atoms with Gasteiger partial charge < -0.3 is 19.2 Å². The third-order valence-corrected chi connectivity index (χ3v) is 6.00. The summed E-state index contributed by atoms with van der Waals surface area (Å²) in [6.45, 7) is 6.53. The maximum atomic E-state index is 12.8. The quantitative estimate of drug-likeness (QED) is 0.173. The molecule has 4 rings (SSSR count). The van der Waals surface area contributed by atoms with Crippen LogP contribution >= 0.6 is 23.2 Å². The number of rotatable bonds is 8. The van der Waals surface area contributed by atoms with Crippen molar-refractivity contribution < 1.29 is 23.6 Å². The average Bonchev–Trinajstić information content (AvgIpc) is 3.33. The van der Waals surface area contributed by atoms with Gasteiger partial charge in [0.25, 0.3) is 11.6 Å². The molecule has 0 aliphatic rings. The summed E-state index contributed by atoms with van der Waals surface area (Å²) in [6, 6.07) is 19.4. The maximum Gasteiger partial charge on any atom is 0.291 e. The summed E-state index contributed by atoms with van der Waals surface area (Å²) in [6.07, 6.45) is 0. The molecule has 0 saturated carbocycles. The Morgan fingerprint density at radius 2 is 1.71 bits per heavy atom. The summed E-state index contributed by atoms with van der Waals surface area (Å²) in [7, 11) is 0. The Balaban J connectivity index is 1.44. The first-order valence-electron chi connectivity index (χ1n) is 11.5. The van der Waals surface area contributed by atoms with E-state index in [2.05, 4.69) is 26.1 Å². The van der Waals surface area contributed by atoms with Crippen molar-refractivity contribution in [3.8, 4) is 17.2 Å².